The van der Waals surface area contributed by atoms with Gasteiger partial charge in [-0.05, 0) is 32.3 Å². The summed E-state index contributed by atoms with van der Waals surface area (Å²) in [4.78, 5) is 26.4. The molecule has 0 N–H and O–H groups in total. The molecule has 3 fully saturated rings. The highest BCUT2D eigenvalue weighted by Gasteiger charge is 2.54. The lowest BCUT2D eigenvalue weighted by atomic mass is 9.61. The van der Waals surface area contributed by atoms with E-state index >= 15 is 0 Å². The number of rotatable bonds is 4. The van der Waals surface area contributed by atoms with E-state index in [4.69, 9.17) is 4.74 Å². The van der Waals surface area contributed by atoms with Gasteiger partial charge in [0.25, 0.3) is 0 Å². The number of nitrogens with zero attached hydrogens (tertiary/aromatic N) is 5. The van der Waals surface area contributed by atoms with Gasteiger partial charge in [-0.2, -0.15) is 13.2 Å². The van der Waals surface area contributed by atoms with Crippen molar-refractivity contribution in [2.75, 3.05) is 31.1 Å². The van der Waals surface area contributed by atoms with Gasteiger partial charge in [-0.25, -0.2) is 14.8 Å². The van der Waals surface area contributed by atoms with Gasteiger partial charge < -0.3 is 14.5 Å². The largest absolute Gasteiger partial charge is 0.446 e. The molecule has 0 unspecified atom stereocenters. The van der Waals surface area contributed by atoms with Crippen LogP contribution in [0.3, 0.4) is 0 Å². The Labute approximate surface area is 202 Å². The first-order chi connectivity index (χ1) is 16.6. The number of halogens is 3. The van der Waals surface area contributed by atoms with Gasteiger partial charge in [-0.3, -0.25) is 4.90 Å². The van der Waals surface area contributed by atoms with Crippen LogP contribution < -0.4 is 4.90 Å². The van der Waals surface area contributed by atoms with Crippen molar-refractivity contribution in [2.45, 2.75) is 57.6 Å². The van der Waals surface area contributed by atoms with Gasteiger partial charge in [0.1, 0.15) is 11.9 Å². The van der Waals surface area contributed by atoms with Crippen LogP contribution in [0.4, 0.5) is 23.8 Å². The maximum absolute atomic E-state index is 12.9. The third-order valence-corrected chi connectivity index (χ3v) is 7.40. The van der Waals surface area contributed by atoms with E-state index in [0.717, 1.165) is 44.9 Å². The van der Waals surface area contributed by atoms with Gasteiger partial charge in [0.05, 0.1) is 12.4 Å². The summed E-state index contributed by atoms with van der Waals surface area (Å²) in [6, 6.07) is 10.1. The van der Waals surface area contributed by atoms with Crippen LogP contribution in [-0.2, 0) is 17.5 Å². The van der Waals surface area contributed by atoms with E-state index in [1.165, 1.54) is 5.56 Å². The summed E-state index contributed by atoms with van der Waals surface area (Å²) in [5.41, 5.74) is 0.574. The third-order valence-electron chi connectivity index (χ3n) is 7.40. The second kappa shape index (κ2) is 8.96. The van der Waals surface area contributed by atoms with Crippen LogP contribution >= 0.6 is 0 Å². The Balaban J connectivity index is 1.09. The Morgan fingerprint density at radius 3 is 2.40 bits per heavy atom. The maximum Gasteiger partial charge on any atom is 0.434 e. The van der Waals surface area contributed by atoms with Crippen LogP contribution in [0.1, 0.15) is 37.9 Å². The molecule has 3 aliphatic rings. The molecule has 2 aliphatic heterocycles. The quantitative estimate of drug-likeness (QED) is 0.642. The highest BCUT2D eigenvalue weighted by molar-refractivity contribution is 5.69. The van der Waals surface area contributed by atoms with E-state index in [1.54, 1.807) is 4.90 Å². The molecule has 0 bridgehead atoms. The molecule has 0 radical (unpaired) electrons. The van der Waals surface area contributed by atoms with E-state index in [0.29, 0.717) is 18.9 Å². The zero-order valence-corrected chi connectivity index (χ0v) is 19.9. The third kappa shape index (κ3) is 4.94. The molecule has 35 heavy (non-hydrogen) atoms. The predicted octanol–water partition coefficient (Wildman–Crippen LogP) is 4.20. The molecule has 7 nitrogen and oxygen atoms in total. The molecule has 2 saturated heterocycles. The first-order valence-electron chi connectivity index (χ1n) is 12.0. The molecular weight excluding hydrogens is 459 g/mol. The van der Waals surface area contributed by atoms with Gasteiger partial charge in [-0.1, -0.05) is 30.3 Å². The Morgan fingerprint density at radius 1 is 1.06 bits per heavy atom. The van der Waals surface area contributed by atoms with Crippen molar-refractivity contribution in [3.8, 4) is 0 Å². The SMILES string of the molecule is C[C@@H]1CN(c2cnc(C(F)(F)F)cn2)[C@@H](C)CN1C(=O)OC1CC2(C1)CN(Cc1ccccc1)C2. The van der Waals surface area contributed by atoms with Gasteiger partial charge in [-0.15, -0.1) is 0 Å². The van der Waals surface area contributed by atoms with Crippen molar-refractivity contribution in [1.82, 2.24) is 19.8 Å². The van der Waals surface area contributed by atoms with Crippen LogP contribution in [0, 0.1) is 5.41 Å². The molecular formula is C25H30F3N5O2. The molecule has 10 heteroatoms. The summed E-state index contributed by atoms with van der Waals surface area (Å²) in [6.07, 6.45) is -1.20. The zero-order chi connectivity index (χ0) is 24.8. The fraction of sp³-hybridized carbons (Fsp3) is 0.560. The number of anilines is 1. The van der Waals surface area contributed by atoms with Crippen LogP contribution in [0.5, 0.6) is 0 Å². The monoisotopic (exact) mass is 489 g/mol. The lowest BCUT2D eigenvalue weighted by Crippen LogP contribution is -2.64. The van der Waals surface area contributed by atoms with Crippen molar-refractivity contribution < 1.29 is 22.7 Å². The summed E-state index contributed by atoms with van der Waals surface area (Å²) >= 11 is 0. The molecule has 1 aromatic heterocycles. The van der Waals surface area contributed by atoms with Crippen molar-refractivity contribution in [3.63, 3.8) is 0 Å². The van der Waals surface area contributed by atoms with E-state index in [2.05, 4.69) is 39.1 Å². The minimum absolute atomic E-state index is 0.0531. The van der Waals surface area contributed by atoms with E-state index < -0.39 is 11.9 Å². The number of hydrogen-bond acceptors (Lipinski definition) is 6. The number of carbonyl (C=O) groups excluding carboxylic acids is 1. The summed E-state index contributed by atoms with van der Waals surface area (Å²) in [7, 11) is 0. The van der Waals surface area contributed by atoms with Crippen LogP contribution in [0.15, 0.2) is 42.7 Å². The highest BCUT2D eigenvalue weighted by atomic mass is 19.4. The Kier molecular flexibility index (Phi) is 6.11. The lowest BCUT2D eigenvalue weighted by molar-refractivity contribution is -0.141. The molecule has 2 aromatic rings. The number of piperazine rings is 1. The molecule has 1 aliphatic carbocycles. The number of carbonyl (C=O) groups is 1. The van der Waals surface area contributed by atoms with Gasteiger partial charge in [0.2, 0.25) is 0 Å². The van der Waals surface area contributed by atoms with Crippen LogP contribution in [-0.4, -0.2) is 70.2 Å². The number of hydrogen-bond donors (Lipinski definition) is 0. The number of likely N-dealkylation sites (tertiary alicyclic amines) is 1. The van der Waals surface area contributed by atoms with Crippen molar-refractivity contribution in [2.24, 2.45) is 5.41 Å². The van der Waals surface area contributed by atoms with Crippen molar-refractivity contribution in [1.29, 1.82) is 0 Å². The van der Waals surface area contributed by atoms with Crippen LogP contribution in [0.2, 0.25) is 0 Å². The topological polar surface area (TPSA) is 61.8 Å². The number of benzene rings is 1. The van der Waals surface area contributed by atoms with Crippen molar-refractivity contribution >= 4 is 11.9 Å². The second-order valence-corrected chi connectivity index (χ2v) is 10.3. The summed E-state index contributed by atoms with van der Waals surface area (Å²) in [6.45, 7) is 7.71. The summed E-state index contributed by atoms with van der Waals surface area (Å²) in [5.74, 6) is 0.372. The molecule has 1 aromatic carbocycles. The van der Waals surface area contributed by atoms with Crippen molar-refractivity contribution in [3.05, 3.63) is 54.0 Å². The Morgan fingerprint density at radius 2 is 1.77 bits per heavy atom. The number of ether oxygens (including phenoxy) is 1. The standard InChI is InChI=1S/C25H30F3N5O2/c1-17-13-33(18(2)12-32(17)22-11-29-21(10-30-22)25(26,27)28)23(34)35-20-8-24(9-20)15-31(16-24)14-19-6-4-3-5-7-19/h3-7,10-11,17-18,20H,8-9,12-16H2,1-2H3/t17-,18+/m0/s1. The number of amides is 1. The normalized spacial score (nSPS) is 24.7. The fourth-order valence-electron chi connectivity index (χ4n) is 5.63. The highest BCUT2D eigenvalue weighted by Crippen LogP contribution is 2.50. The average molecular weight is 490 g/mol. The smallest absolute Gasteiger partial charge is 0.434 e. The number of aromatic nitrogens is 2. The number of alkyl halides is 3. The summed E-state index contributed by atoms with van der Waals surface area (Å²) in [5, 5.41) is 0. The van der Waals surface area contributed by atoms with E-state index in [9.17, 15) is 18.0 Å². The minimum Gasteiger partial charge on any atom is -0.446 e. The average Bonchev–Trinajstić information content (AvgIpc) is 2.77. The first kappa shape index (κ1) is 23.8. The molecule has 1 amide bonds. The lowest BCUT2D eigenvalue weighted by Gasteiger charge is -2.58. The predicted molar refractivity (Wildman–Crippen MR) is 124 cm³/mol. The minimum atomic E-state index is -4.52. The first-order valence-corrected chi connectivity index (χ1v) is 12.0. The Bertz CT molecular complexity index is 1040. The second-order valence-electron chi connectivity index (χ2n) is 10.3. The van der Waals surface area contributed by atoms with Gasteiger partial charge >= 0.3 is 12.3 Å². The molecule has 1 saturated carbocycles. The van der Waals surface area contributed by atoms with Gasteiger partial charge in [0.15, 0.2) is 5.69 Å². The van der Waals surface area contributed by atoms with E-state index in [1.807, 2.05) is 24.8 Å². The van der Waals surface area contributed by atoms with Crippen LogP contribution in [0.25, 0.3) is 0 Å². The molecule has 2 atom stereocenters. The molecule has 188 valence electrons. The Hall–Kier alpha value is -2.88. The molecule has 1 spiro atoms. The van der Waals surface area contributed by atoms with E-state index in [-0.39, 0.29) is 29.7 Å². The zero-order valence-electron chi connectivity index (χ0n) is 19.9. The summed E-state index contributed by atoms with van der Waals surface area (Å²) < 4.78 is 44.2. The maximum atomic E-state index is 12.9. The van der Waals surface area contributed by atoms with Gasteiger partial charge in [0, 0.05) is 50.2 Å². The fourth-order valence-corrected chi connectivity index (χ4v) is 5.63. The molecule has 5 rings (SSSR count). The molecule has 3 heterocycles.